The molecule has 1 aromatic carbocycles. The molecule has 1 fully saturated rings. The number of nitrogens with one attached hydrogen (secondary N) is 1. The highest BCUT2D eigenvalue weighted by Crippen LogP contribution is 2.26. The molecule has 1 aromatic rings. The molecule has 76 valence electrons. The maximum Gasteiger partial charge on any atom is 0.130 e. The third-order valence-corrected chi connectivity index (χ3v) is 2.91. The van der Waals surface area contributed by atoms with Crippen molar-refractivity contribution >= 4 is 0 Å². The lowest BCUT2D eigenvalue weighted by Crippen LogP contribution is -2.27. The maximum atomic E-state index is 13.7. The van der Waals surface area contributed by atoms with Crippen molar-refractivity contribution in [3.8, 4) is 0 Å². The van der Waals surface area contributed by atoms with Crippen LogP contribution in [0.25, 0.3) is 0 Å². The van der Waals surface area contributed by atoms with E-state index in [1.807, 2.05) is 25.1 Å². The van der Waals surface area contributed by atoms with Crippen LogP contribution in [-0.2, 0) is 0 Å². The van der Waals surface area contributed by atoms with Gasteiger partial charge in [0.05, 0.1) is 0 Å². The molecule has 1 heterocycles. The molecule has 0 amide bonds. The second-order valence-corrected chi connectivity index (χ2v) is 3.98. The van der Waals surface area contributed by atoms with E-state index in [0.29, 0.717) is 0 Å². The fourth-order valence-corrected chi connectivity index (χ4v) is 2.06. The highest BCUT2D eigenvalue weighted by atomic mass is 19.1. The zero-order chi connectivity index (χ0) is 9.97. The summed E-state index contributed by atoms with van der Waals surface area (Å²) in [5.74, 6) is -0.0353. The fourth-order valence-electron chi connectivity index (χ4n) is 2.06. The van der Waals surface area contributed by atoms with Gasteiger partial charge in [-0.2, -0.15) is 0 Å². The molecule has 1 saturated heterocycles. The summed E-state index contributed by atoms with van der Waals surface area (Å²) in [6.45, 7) is 2.83. The zero-order valence-corrected chi connectivity index (χ0v) is 8.52. The lowest BCUT2D eigenvalue weighted by molar-refractivity contribution is 0.399. The minimum Gasteiger partial charge on any atom is -0.310 e. The Labute approximate surface area is 84.3 Å². The van der Waals surface area contributed by atoms with E-state index in [4.69, 9.17) is 0 Å². The van der Waals surface area contributed by atoms with Crippen molar-refractivity contribution in [1.29, 1.82) is 0 Å². The van der Waals surface area contributed by atoms with Crippen LogP contribution >= 0.6 is 0 Å². The SMILES string of the molecule is Cc1cccc([C@H]2CCCCN2)c1F. The summed E-state index contributed by atoms with van der Waals surface area (Å²) >= 11 is 0. The van der Waals surface area contributed by atoms with E-state index in [0.717, 1.165) is 24.1 Å². The van der Waals surface area contributed by atoms with Gasteiger partial charge in [0.1, 0.15) is 5.82 Å². The topological polar surface area (TPSA) is 12.0 Å². The van der Waals surface area contributed by atoms with Gasteiger partial charge in [0.15, 0.2) is 0 Å². The van der Waals surface area contributed by atoms with Crippen LogP contribution in [0.2, 0.25) is 0 Å². The Hall–Kier alpha value is -0.890. The summed E-state index contributed by atoms with van der Waals surface area (Å²) in [5.41, 5.74) is 1.58. The minimum absolute atomic E-state index is 0.0353. The van der Waals surface area contributed by atoms with Gasteiger partial charge in [-0.25, -0.2) is 4.39 Å². The predicted octanol–water partition coefficient (Wildman–Crippen LogP) is 2.95. The lowest BCUT2D eigenvalue weighted by Gasteiger charge is -2.24. The van der Waals surface area contributed by atoms with Crippen molar-refractivity contribution in [3.63, 3.8) is 0 Å². The Bertz CT molecular complexity index is 316. The first-order chi connectivity index (χ1) is 6.79. The molecule has 14 heavy (non-hydrogen) atoms. The van der Waals surface area contributed by atoms with Crippen molar-refractivity contribution in [2.24, 2.45) is 0 Å². The Morgan fingerprint density at radius 1 is 1.36 bits per heavy atom. The number of aryl methyl sites for hydroxylation is 1. The monoisotopic (exact) mass is 193 g/mol. The molecule has 0 unspecified atom stereocenters. The summed E-state index contributed by atoms with van der Waals surface area (Å²) in [6.07, 6.45) is 3.47. The molecule has 1 aliphatic heterocycles. The molecule has 0 saturated carbocycles. The Kier molecular flexibility index (Phi) is 2.82. The van der Waals surface area contributed by atoms with Crippen LogP contribution in [0.5, 0.6) is 0 Å². The third-order valence-electron chi connectivity index (χ3n) is 2.91. The van der Waals surface area contributed by atoms with E-state index in [9.17, 15) is 4.39 Å². The van der Waals surface area contributed by atoms with E-state index in [1.165, 1.54) is 12.8 Å². The van der Waals surface area contributed by atoms with Crippen molar-refractivity contribution in [1.82, 2.24) is 5.32 Å². The number of halogens is 1. The molecule has 1 N–H and O–H groups in total. The molecule has 1 atom stereocenters. The van der Waals surface area contributed by atoms with Crippen molar-refractivity contribution in [2.75, 3.05) is 6.54 Å². The molecule has 0 radical (unpaired) electrons. The average molecular weight is 193 g/mol. The lowest BCUT2D eigenvalue weighted by atomic mass is 9.96. The van der Waals surface area contributed by atoms with Crippen molar-refractivity contribution in [2.45, 2.75) is 32.2 Å². The summed E-state index contributed by atoms with van der Waals surface area (Å²) < 4.78 is 13.7. The highest BCUT2D eigenvalue weighted by Gasteiger charge is 2.18. The van der Waals surface area contributed by atoms with Gasteiger partial charge in [-0.05, 0) is 31.9 Å². The normalized spacial score (nSPS) is 22.3. The predicted molar refractivity (Wildman–Crippen MR) is 55.7 cm³/mol. The molecule has 0 spiro atoms. The van der Waals surface area contributed by atoms with Crippen LogP contribution < -0.4 is 5.32 Å². The molecule has 0 aromatic heterocycles. The number of benzene rings is 1. The minimum atomic E-state index is -0.0353. The van der Waals surface area contributed by atoms with E-state index in [1.54, 1.807) is 0 Å². The molecular formula is C12H16FN. The van der Waals surface area contributed by atoms with Gasteiger partial charge >= 0.3 is 0 Å². The van der Waals surface area contributed by atoms with E-state index >= 15 is 0 Å². The third kappa shape index (κ3) is 1.80. The maximum absolute atomic E-state index is 13.7. The molecule has 0 aliphatic carbocycles. The summed E-state index contributed by atoms with van der Waals surface area (Å²) in [5, 5.41) is 3.36. The zero-order valence-electron chi connectivity index (χ0n) is 8.52. The van der Waals surface area contributed by atoms with E-state index < -0.39 is 0 Å². The molecule has 0 bridgehead atoms. The van der Waals surface area contributed by atoms with Crippen LogP contribution in [-0.4, -0.2) is 6.54 Å². The quantitative estimate of drug-likeness (QED) is 0.723. The molecule has 1 nitrogen and oxygen atoms in total. The highest BCUT2D eigenvalue weighted by molar-refractivity contribution is 5.27. The average Bonchev–Trinajstić information content (AvgIpc) is 2.23. The van der Waals surface area contributed by atoms with Crippen LogP contribution in [0.1, 0.15) is 36.4 Å². The van der Waals surface area contributed by atoms with Crippen LogP contribution in [0.15, 0.2) is 18.2 Å². The van der Waals surface area contributed by atoms with Crippen LogP contribution in [0, 0.1) is 12.7 Å². The first-order valence-corrected chi connectivity index (χ1v) is 5.27. The van der Waals surface area contributed by atoms with Gasteiger partial charge in [0, 0.05) is 11.6 Å². The number of hydrogen-bond donors (Lipinski definition) is 1. The Morgan fingerprint density at radius 3 is 2.93 bits per heavy atom. The molecule has 1 aliphatic rings. The van der Waals surface area contributed by atoms with Crippen LogP contribution in [0.3, 0.4) is 0 Å². The first kappa shape index (κ1) is 9.66. The van der Waals surface area contributed by atoms with Gasteiger partial charge in [0.25, 0.3) is 0 Å². The van der Waals surface area contributed by atoms with Gasteiger partial charge in [-0.15, -0.1) is 0 Å². The number of piperidine rings is 1. The number of hydrogen-bond acceptors (Lipinski definition) is 1. The fraction of sp³-hybridized carbons (Fsp3) is 0.500. The van der Waals surface area contributed by atoms with Crippen molar-refractivity contribution < 1.29 is 4.39 Å². The summed E-state index contributed by atoms with van der Waals surface area (Å²) in [6, 6.07) is 5.88. The van der Waals surface area contributed by atoms with Crippen LogP contribution in [0.4, 0.5) is 4.39 Å². The Balaban J connectivity index is 2.26. The number of rotatable bonds is 1. The van der Waals surface area contributed by atoms with Crippen molar-refractivity contribution in [3.05, 3.63) is 35.1 Å². The summed E-state index contributed by atoms with van der Waals surface area (Å²) in [7, 11) is 0. The second kappa shape index (κ2) is 4.09. The van der Waals surface area contributed by atoms with Gasteiger partial charge in [0.2, 0.25) is 0 Å². The smallest absolute Gasteiger partial charge is 0.130 e. The van der Waals surface area contributed by atoms with Gasteiger partial charge in [-0.1, -0.05) is 24.6 Å². The first-order valence-electron chi connectivity index (χ1n) is 5.27. The standard InChI is InChI=1S/C12H16FN/c1-9-5-4-6-10(12(9)13)11-7-2-3-8-14-11/h4-6,11,14H,2-3,7-8H2,1H3/t11-/m1/s1. The van der Waals surface area contributed by atoms with E-state index in [2.05, 4.69) is 5.32 Å². The van der Waals surface area contributed by atoms with Gasteiger partial charge in [-0.3, -0.25) is 0 Å². The molecular weight excluding hydrogens is 177 g/mol. The second-order valence-electron chi connectivity index (χ2n) is 3.98. The Morgan fingerprint density at radius 2 is 2.21 bits per heavy atom. The van der Waals surface area contributed by atoms with E-state index in [-0.39, 0.29) is 11.9 Å². The molecule has 2 heteroatoms. The van der Waals surface area contributed by atoms with Gasteiger partial charge < -0.3 is 5.32 Å². The summed E-state index contributed by atoms with van der Waals surface area (Å²) in [4.78, 5) is 0. The largest absolute Gasteiger partial charge is 0.310 e. The molecule has 2 rings (SSSR count).